The zero-order chi connectivity index (χ0) is 17.0. The van der Waals surface area contributed by atoms with Gasteiger partial charge in [-0.25, -0.2) is 4.98 Å². The quantitative estimate of drug-likeness (QED) is 0.783. The van der Waals surface area contributed by atoms with Crippen LogP contribution in [0.2, 0.25) is 0 Å². The number of carbonyl (C=O) groups excluding carboxylic acids is 1. The van der Waals surface area contributed by atoms with Crippen molar-refractivity contribution in [3.05, 3.63) is 40.9 Å². The molecule has 1 aromatic carbocycles. The zero-order valence-electron chi connectivity index (χ0n) is 13.1. The van der Waals surface area contributed by atoms with Crippen LogP contribution in [-0.2, 0) is 11.3 Å². The molecule has 1 aliphatic rings. The Balaban J connectivity index is 1.55. The first kappa shape index (κ1) is 15.9. The number of terminal acetylenes is 1. The van der Waals surface area contributed by atoms with E-state index in [2.05, 4.69) is 26.4 Å². The minimum atomic E-state index is -0.416. The first-order chi connectivity index (χ1) is 11.6. The fraction of sp³-hybridized carbons (Fsp3) is 0.353. The van der Waals surface area contributed by atoms with Gasteiger partial charge in [-0.2, -0.15) is 10.2 Å². The molecule has 24 heavy (non-hydrogen) atoms. The molecule has 0 bridgehead atoms. The van der Waals surface area contributed by atoms with E-state index in [0.717, 1.165) is 0 Å². The first-order valence-electron chi connectivity index (χ1n) is 7.72. The number of nitrogens with one attached hydrogen (secondary N) is 1. The standard InChI is InChI=1S/C17H17N5O2/c1-2-3-8-17(20-21-17)9-10-18-15(23)11-22-12-19-14-7-5-4-6-13(14)16(22)24/h1,4-7,12H,3,8-11H2,(H,18,23). The normalized spacial score (nSPS) is 14.3. The number of hydrogen-bond acceptors (Lipinski definition) is 5. The Morgan fingerprint density at radius 3 is 2.83 bits per heavy atom. The molecular weight excluding hydrogens is 306 g/mol. The summed E-state index contributed by atoms with van der Waals surface area (Å²) in [5.74, 6) is 2.32. The summed E-state index contributed by atoms with van der Waals surface area (Å²) in [5, 5.41) is 11.3. The molecule has 3 rings (SSSR count). The van der Waals surface area contributed by atoms with Gasteiger partial charge in [0.15, 0.2) is 5.66 Å². The van der Waals surface area contributed by atoms with E-state index in [0.29, 0.717) is 36.7 Å². The number of aromatic nitrogens is 2. The van der Waals surface area contributed by atoms with Crippen LogP contribution in [0.25, 0.3) is 10.9 Å². The van der Waals surface area contributed by atoms with Crippen molar-refractivity contribution < 1.29 is 4.79 Å². The van der Waals surface area contributed by atoms with Gasteiger partial charge in [-0.1, -0.05) is 12.1 Å². The van der Waals surface area contributed by atoms with Crippen molar-refractivity contribution in [1.82, 2.24) is 14.9 Å². The number of nitrogens with zero attached hydrogens (tertiary/aromatic N) is 4. The molecule has 0 radical (unpaired) electrons. The smallest absolute Gasteiger partial charge is 0.261 e. The van der Waals surface area contributed by atoms with E-state index < -0.39 is 5.66 Å². The van der Waals surface area contributed by atoms with Crippen LogP contribution in [0.1, 0.15) is 19.3 Å². The SMILES string of the molecule is C#CCCC1(CCNC(=O)Cn2cnc3ccccc3c2=O)N=N1. The van der Waals surface area contributed by atoms with E-state index >= 15 is 0 Å². The Morgan fingerprint density at radius 2 is 2.08 bits per heavy atom. The Bertz CT molecular complexity index is 888. The highest BCUT2D eigenvalue weighted by Gasteiger charge is 2.38. The number of rotatable bonds is 7. The minimum Gasteiger partial charge on any atom is -0.354 e. The molecule has 2 heterocycles. The first-order valence-corrected chi connectivity index (χ1v) is 7.72. The van der Waals surface area contributed by atoms with Gasteiger partial charge in [-0.3, -0.25) is 14.2 Å². The predicted molar refractivity (Wildman–Crippen MR) is 89.3 cm³/mol. The minimum absolute atomic E-state index is 0.0672. The van der Waals surface area contributed by atoms with Crippen LogP contribution in [0.5, 0.6) is 0 Å². The Labute approximate surface area is 138 Å². The van der Waals surface area contributed by atoms with Gasteiger partial charge in [0.1, 0.15) is 6.54 Å². The van der Waals surface area contributed by atoms with Gasteiger partial charge in [-0.05, 0) is 12.1 Å². The van der Waals surface area contributed by atoms with Gasteiger partial charge in [-0.15, -0.1) is 12.3 Å². The molecule has 7 nitrogen and oxygen atoms in total. The van der Waals surface area contributed by atoms with E-state index in [1.54, 1.807) is 18.2 Å². The molecular formula is C17H17N5O2. The van der Waals surface area contributed by atoms with Crippen molar-refractivity contribution in [3.8, 4) is 12.3 Å². The molecule has 7 heteroatoms. The Kier molecular flexibility index (Phi) is 4.38. The van der Waals surface area contributed by atoms with Gasteiger partial charge >= 0.3 is 0 Å². The van der Waals surface area contributed by atoms with E-state index in [9.17, 15) is 9.59 Å². The van der Waals surface area contributed by atoms with Gasteiger partial charge in [0.05, 0.1) is 17.2 Å². The monoisotopic (exact) mass is 323 g/mol. The largest absolute Gasteiger partial charge is 0.354 e. The zero-order valence-corrected chi connectivity index (χ0v) is 13.1. The van der Waals surface area contributed by atoms with Crippen LogP contribution in [0.4, 0.5) is 0 Å². The topological polar surface area (TPSA) is 88.7 Å². The van der Waals surface area contributed by atoms with Crippen LogP contribution in [0.3, 0.4) is 0 Å². The van der Waals surface area contributed by atoms with Crippen molar-refractivity contribution in [2.75, 3.05) is 6.54 Å². The highest BCUT2D eigenvalue weighted by molar-refractivity contribution is 5.78. The lowest BCUT2D eigenvalue weighted by Crippen LogP contribution is -2.34. The Morgan fingerprint density at radius 1 is 1.29 bits per heavy atom. The van der Waals surface area contributed by atoms with Crippen LogP contribution >= 0.6 is 0 Å². The molecule has 1 aromatic heterocycles. The van der Waals surface area contributed by atoms with Gasteiger partial charge in [0.2, 0.25) is 5.91 Å². The van der Waals surface area contributed by atoms with E-state index in [1.807, 2.05) is 6.07 Å². The van der Waals surface area contributed by atoms with Crippen molar-refractivity contribution in [1.29, 1.82) is 0 Å². The Hall–Kier alpha value is -3.01. The summed E-state index contributed by atoms with van der Waals surface area (Å²) in [7, 11) is 0. The summed E-state index contributed by atoms with van der Waals surface area (Å²) in [6.07, 6.45) is 8.56. The average molecular weight is 323 g/mol. The van der Waals surface area contributed by atoms with Crippen LogP contribution in [0.15, 0.2) is 45.6 Å². The lowest BCUT2D eigenvalue weighted by Gasteiger charge is -2.10. The lowest BCUT2D eigenvalue weighted by atomic mass is 10.0. The van der Waals surface area contributed by atoms with E-state index in [4.69, 9.17) is 6.42 Å². The molecule has 0 saturated carbocycles. The van der Waals surface area contributed by atoms with E-state index in [1.165, 1.54) is 10.9 Å². The second kappa shape index (κ2) is 6.62. The van der Waals surface area contributed by atoms with Crippen molar-refractivity contribution in [2.24, 2.45) is 10.2 Å². The molecule has 0 atom stereocenters. The highest BCUT2D eigenvalue weighted by Crippen LogP contribution is 2.35. The number of hydrogen-bond donors (Lipinski definition) is 1. The third-order valence-electron chi connectivity index (χ3n) is 3.95. The second-order valence-corrected chi connectivity index (χ2v) is 5.68. The van der Waals surface area contributed by atoms with Crippen LogP contribution in [-0.4, -0.2) is 27.7 Å². The predicted octanol–water partition coefficient (Wildman–Crippen LogP) is 1.48. The number of benzene rings is 1. The average Bonchev–Trinajstić information content (AvgIpc) is 3.36. The molecule has 1 aliphatic heterocycles. The molecule has 0 spiro atoms. The fourth-order valence-corrected chi connectivity index (χ4v) is 2.50. The third kappa shape index (κ3) is 3.49. The summed E-state index contributed by atoms with van der Waals surface area (Å²) >= 11 is 0. The highest BCUT2D eigenvalue weighted by atomic mass is 16.2. The van der Waals surface area contributed by atoms with E-state index in [-0.39, 0.29) is 18.0 Å². The maximum absolute atomic E-state index is 12.3. The van der Waals surface area contributed by atoms with Crippen molar-refractivity contribution in [2.45, 2.75) is 31.5 Å². The molecule has 0 fully saturated rings. The summed E-state index contributed by atoms with van der Waals surface area (Å²) in [6.45, 7) is 0.370. The molecule has 0 aliphatic carbocycles. The summed E-state index contributed by atoms with van der Waals surface area (Å²) in [6, 6.07) is 7.05. The molecule has 0 saturated heterocycles. The van der Waals surface area contributed by atoms with Crippen LogP contribution in [0, 0.1) is 12.3 Å². The van der Waals surface area contributed by atoms with Crippen molar-refractivity contribution >= 4 is 16.8 Å². The number of amides is 1. The second-order valence-electron chi connectivity index (χ2n) is 5.68. The molecule has 0 unspecified atom stereocenters. The van der Waals surface area contributed by atoms with Crippen LogP contribution < -0.4 is 10.9 Å². The van der Waals surface area contributed by atoms with Gasteiger partial charge in [0.25, 0.3) is 5.56 Å². The lowest BCUT2D eigenvalue weighted by molar-refractivity contribution is -0.121. The summed E-state index contributed by atoms with van der Waals surface area (Å²) in [4.78, 5) is 28.5. The third-order valence-corrected chi connectivity index (χ3v) is 3.95. The summed E-state index contributed by atoms with van der Waals surface area (Å²) in [5.41, 5.74) is -0.0268. The van der Waals surface area contributed by atoms with Crippen molar-refractivity contribution in [3.63, 3.8) is 0 Å². The number of fused-ring (bicyclic) bond motifs is 1. The molecule has 1 amide bonds. The number of carbonyl (C=O) groups is 1. The molecule has 2 aromatic rings. The number of para-hydroxylation sites is 1. The maximum Gasteiger partial charge on any atom is 0.261 e. The van der Waals surface area contributed by atoms with Gasteiger partial charge in [0, 0.05) is 25.8 Å². The maximum atomic E-state index is 12.3. The van der Waals surface area contributed by atoms with Gasteiger partial charge < -0.3 is 5.32 Å². The molecule has 1 N–H and O–H groups in total. The molecule has 122 valence electrons. The fourth-order valence-electron chi connectivity index (χ4n) is 2.50. The summed E-state index contributed by atoms with van der Waals surface area (Å²) < 4.78 is 1.30.